The van der Waals surface area contributed by atoms with Gasteiger partial charge < -0.3 is 28.6 Å². The molecule has 7 heterocycles. The molecule has 6 aliphatic rings. The van der Waals surface area contributed by atoms with Crippen LogP contribution in [0.15, 0.2) is 55.0 Å². The summed E-state index contributed by atoms with van der Waals surface area (Å²) in [4.78, 5) is 62.6. The van der Waals surface area contributed by atoms with E-state index < -0.39 is 29.7 Å². The second-order valence-electron chi connectivity index (χ2n) is 16.3. The number of piperidine rings is 2. The highest BCUT2D eigenvalue weighted by Crippen LogP contribution is 2.48. The number of hydrogen-bond acceptors (Lipinski definition) is 13. The lowest BCUT2D eigenvalue weighted by Crippen LogP contribution is -2.56. The van der Waals surface area contributed by atoms with Crippen molar-refractivity contribution in [3.05, 3.63) is 88.4 Å². The number of amides is 4. The van der Waals surface area contributed by atoms with Crippen molar-refractivity contribution in [2.75, 3.05) is 67.2 Å². The van der Waals surface area contributed by atoms with Crippen molar-refractivity contribution in [2.24, 2.45) is 0 Å². The van der Waals surface area contributed by atoms with Gasteiger partial charge in [-0.05, 0) is 86.2 Å². The molecule has 15 nitrogen and oxygen atoms in total. The van der Waals surface area contributed by atoms with Crippen LogP contribution in [0.5, 0.6) is 17.2 Å². The molecule has 3 atom stereocenters. The number of likely N-dealkylation sites (N-methyl/N-ethyl adjacent to an activating group) is 1. The fourth-order valence-corrected chi connectivity index (χ4v) is 9.32. The molecule has 0 bridgehead atoms. The van der Waals surface area contributed by atoms with Crippen LogP contribution in [0.2, 0.25) is 0 Å². The van der Waals surface area contributed by atoms with Gasteiger partial charge in [-0.2, -0.15) is 0 Å². The summed E-state index contributed by atoms with van der Waals surface area (Å²) >= 11 is 0. The predicted octanol–water partition coefficient (Wildman–Crippen LogP) is 3.76. The normalized spacial score (nSPS) is 23.9. The third-order valence-corrected chi connectivity index (χ3v) is 12.6. The molecule has 0 aliphatic carbocycles. The number of hydrogen-bond donors (Lipinski definition) is 1. The molecule has 9 rings (SSSR count). The van der Waals surface area contributed by atoms with E-state index in [-0.39, 0.29) is 41.9 Å². The molecule has 1 aromatic heterocycles. The monoisotopic (exact) mass is 806 g/mol. The first kappa shape index (κ1) is 39.1. The second-order valence-corrected chi connectivity index (χ2v) is 16.3. The Morgan fingerprint density at radius 1 is 0.915 bits per heavy atom. The van der Waals surface area contributed by atoms with Gasteiger partial charge >= 0.3 is 0 Å². The van der Waals surface area contributed by atoms with Crippen LogP contribution in [0.25, 0.3) is 5.57 Å². The topological polar surface area (TPSA) is 156 Å². The van der Waals surface area contributed by atoms with E-state index in [1.807, 2.05) is 25.5 Å². The summed E-state index contributed by atoms with van der Waals surface area (Å²) in [6, 6.07) is 10.1. The highest BCUT2D eigenvalue weighted by molar-refractivity contribution is 6.23. The van der Waals surface area contributed by atoms with Crippen molar-refractivity contribution in [2.45, 2.75) is 69.0 Å². The molecular weight excluding hydrogens is 757 g/mol. The Bertz CT molecular complexity index is 2180. The molecule has 15 heteroatoms. The van der Waals surface area contributed by atoms with Crippen molar-refractivity contribution in [1.29, 1.82) is 0 Å². The molecule has 0 saturated carbocycles. The first-order chi connectivity index (χ1) is 28.6. The Morgan fingerprint density at radius 2 is 1.69 bits per heavy atom. The van der Waals surface area contributed by atoms with E-state index in [1.54, 1.807) is 32.4 Å². The number of aromatic nitrogens is 1. The van der Waals surface area contributed by atoms with E-state index in [0.717, 1.165) is 103 Å². The molecule has 4 saturated heterocycles. The summed E-state index contributed by atoms with van der Waals surface area (Å²) in [7, 11) is 5.48. The van der Waals surface area contributed by atoms with Crippen molar-refractivity contribution >= 4 is 29.2 Å². The number of likely N-dealkylation sites (tertiary alicyclic amines) is 1. The van der Waals surface area contributed by atoms with Crippen molar-refractivity contribution in [3.63, 3.8) is 0 Å². The zero-order valence-corrected chi connectivity index (χ0v) is 33.7. The van der Waals surface area contributed by atoms with Gasteiger partial charge in [0.2, 0.25) is 11.8 Å². The SMILES string of the molecule is COc1cc(C2=CN(C)C3OC3c3cnccc32)cc(OC)c1CN1CCC2(CC1)CN(CCCCOc1ccc3c(c1)C(=O)N(C1CCC(=O)NC1=O)C3=O)CCO2. The minimum absolute atomic E-state index is 0.0122. The molecule has 2 aromatic carbocycles. The number of imide groups is 2. The van der Waals surface area contributed by atoms with Crippen LogP contribution in [0, 0.1) is 0 Å². The standard InChI is InChI=1S/C44H50N6O9/c1-47-24-33(29-10-13-45-23-32(29)39-43(47)59-39)27-20-36(55-2)34(37(21-27)56-3)25-48-15-11-44(12-16-48)26-49(17-19-58-44)14-4-5-18-57-28-6-7-30-31(22-28)42(54)50(41(30)53)35-8-9-38(51)46-40(35)52/h6-7,10,13,20-24,35,39,43H,4-5,8-9,11-12,14-19,25-26H2,1-3H3,(H,46,51,52). The third kappa shape index (κ3) is 7.56. The molecule has 3 unspecified atom stereocenters. The van der Waals surface area contributed by atoms with Crippen LogP contribution < -0.4 is 19.5 Å². The average Bonchev–Trinajstić information content (AvgIpc) is 4.02. The van der Waals surface area contributed by atoms with Crippen LogP contribution >= 0.6 is 0 Å². The number of carbonyl (C=O) groups excluding carboxylic acids is 4. The highest BCUT2D eigenvalue weighted by Gasteiger charge is 2.47. The van der Waals surface area contributed by atoms with Gasteiger partial charge in [0.05, 0.1) is 49.7 Å². The Balaban J connectivity index is 0.763. The number of unbranched alkanes of at least 4 members (excludes halogenated alkanes) is 1. The molecule has 6 aliphatic heterocycles. The maximum absolute atomic E-state index is 13.2. The first-order valence-corrected chi connectivity index (χ1v) is 20.5. The minimum Gasteiger partial charge on any atom is -0.496 e. The van der Waals surface area contributed by atoms with Crippen LogP contribution in [0.4, 0.5) is 0 Å². The Morgan fingerprint density at radius 3 is 2.46 bits per heavy atom. The number of nitrogens with zero attached hydrogens (tertiary/aromatic N) is 5. The summed E-state index contributed by atoms with van der Waals surface area (Å²) in [5, 5.41) is 2.22. The highest BCUT2D eigenvalue weighted by atomic mass is 16.6. The van der Waals surface area contributed by atoms with Gasteiger partial charge in [0.1, 0.15) is 29.4 Å². The van der Waals surface area contributed by atoms with Crippen LogP contribution in [-0.4, -0.2) is 133 Å². The number of carbonyl (C=O) groups is 4. The molecular formula is C44H50N6O9. The Hall–Kier alpha value is -5.35. The fraction of sp³-hybridized carbons (Fsp3) is 0.477. The van der Waals surface area contributed by atoms with Crippen molar-refractivity contribution in [3.8, 4) is 17.2 Å². The first-order valence-electron chi connectivity index (χ1n) is 20.5. The number of methoxy groups -OCH3 is 2. The van der Waals surface area contributed by atoms with Crippen molar-refractivity contribution in [1.82, 2.24) is 29.9 Å². The Kier molecular flexibility index (Phi) is 10.6. The number of pyridine rings is 1. The van der Waals surface area contributed by atoms with Gasteiger partial charge in [-0.25, -0.2) is 0 Å². The van der Waals surface area contributed by atoms with Crippen LogP contribution in [-0.2, 0) is 25.6 Å². The number of fused-ring (bicyclic) bond motifs is 4. The molecule has 4 amide bonds. The molecule has 4 fully saturated rings. The van der Waals surface area contributed by atoms with E-state index >= 15 is 0 Å². The number of ether oxygens (including phenoxy) is 5. The van der Waals surface area contributed by atoms with Gasteiger partial charge in [-0.15, -0.1) is 0 Å². The summed E-state index contributed by atoms with van der Waals surface area (Å²) in [5.41, 5.74) is 5.58. The molecule has 1 N–H and O–H groups in total. The van der Waals surface area contributed by atoms with E-state index in [1.165, 1.54) is 0 Å². The number of benzene rings is 2. The van der Waals surface area contributed by atoms with E-state index in [9.17, 15) is 19.2 Å². The summed E-state index contributed by atoms with van der Waals surface area (Å²) in [6.07, 6.45) is 9.72. The molecule has 3 aromatic rings. The van der Waals surface area contributed by atoms with Gasteiger partial charge in [0.15, 0.2) is 6.23 Å². The number of morpholine rings is 1. The molecule has 59 heavy (non-hydrogen) atoms. The van der Waals surface area contributed by atoms with Gasteiger partial charge in [-0.3, -0.25) is 44.2 Å². The van der Waals surface area contributed by atoms with Crippen molar-refractivity contribution < 1.29 is 42.9 Å². The van der Waals surface area contributed by atoms with E-state index in [4.69, 9.17) is 23.7 Å². The van der Waals surface area contributed by atoms with Gasteiger partial charge in [-0.1, -0.05) is 0 Å². The Labute approximate surface area is 343 Å². The maximum Gasteiger partial charge on any atom is 0.262 e. The molecule has 310 valence electrons. The molecule has 1 spiro atoms. The van der Waals surface area contributed by atoms with Gasteiger partial charge in [0, 0.05) is 75.9 Å². The van der Waals surface area contributed by atoms with Gasteiger partial charge in [0.25, 0.3) is 11.8 Å². The lowest BCUT2D eigenvalue weighted by Gasteiger charge is -2.47. The second kappa shape index (κ2) is 16.0. The van der Waals surface area contributed by atoms with Crippen LogP contribution in [0.3, 0.4) is 0 Å². The zero-order valence-electron chi connectivity index (χ0n) is 33.7. The smallest absolute Gasteiger partial charge is 0.262 e. The predicted molar refractivity (Wildman–Crippen MR) is 214 cm³/mol. The quantitative estimate of drug-likeness (QED) is 0.161. The fourth-order valence-electron chi connectivity index (χ4n) is 9.32. The average molecular weight is 807 g/mol. The number of rotatable bonds is 12. The summed E-state index contributed by atoms with van der Waals surface area (Å²) in [5.74, 6) is -0.00925. The van der Waals surface area contributed by atoms with E-state index in [2.05, 4.69) is 43.3 Å². The van der Waals surface area contributed by atoms with E-state index in [0.29, 0.717) is 25.5 Å². The lowest BCUT2D eigenvalue weighted by molar-refractivity contribution is -0.136. The number of nitrogens with one attached hydrogen (secondary N) is 1. The summed E-state index contributed by atoms with van der Waals surface area (Å²) in [6.45, 7) is 6.38. The minimum atomic E-state index is -0.995. The third-order valence-electron chi connectivity index (χ3n) is 12.6. The molecule has 0 radical (unpaired) electrons. The largest absolute Gasteiger partial charge is 0.496 e. The maximum atomic E-state index is 13.2. The number of epoxide rings is 1. The lowest BCUT2D eigenvalue weighted by atomic mass is 9.88. The summed E-state index contributed by atoms with van der Waals surface area (Å²) < 4.78 is 30.5. The zero-order chi connectivity index (χ0) is 40.8. The van der Waals surface area contributed by atoms with Crippen LogP contribution in [0.1, 0.15) is 87.6 Å².